The minimum atomic E-state index is -1.22. The van der Waals surface area contributed by atoms with Gasteiger partial charge in [-0.1, -0.05) is 6.42 Å². The van der Waals surface area contributed by atoms with Gasteiger partial charge < -0.3 is 54.5 Å². The lowest BCUT2D eigenvalue weighted by Gasteiger charge is -2.27. The summed E-state index contributed by atoms with van der Waals surface area (Å²) in [6.45, 7) is 27.6. The highest BCUT2D eigenvalue weighted by atomic mass is 16.6. The molecule has 402 valence electrons. The molecule has 0 fully saturated rings. The molecule has 0 bridgehead atoms. The lowest BCUT2D eigenvalue weighted by Crippen LogP contribution is -2.53. The third-order valence-corrected chi connectivity index (χ3v) is 9.62. The van der Waals surface area contributed by atoms with Gasteiger partial charge in [-0.2, -0.15) is 0 Å². The third-order valence-electron chi connectivity index (χ3n) is 9.62. The van der Waals surface area contributed by atoms with Crippen LogP contribution in [0.5, 0.6) is 0 Å². The molecular weight excluding hydrogens is 919 g/mol. The second kappa shape index (κ2) is 27.3. The molecule has 0 radical (unpaired) electrons. The fourth-order valence-electron chi connectivity index (χ4n) is 6.81. The number of rotatable bonds is 26. The lowest BCUT2D eigenvalue weighted by molar-refractivity contribution is -0.159. The standard InChI is InChI=1S/C50H85N9O12/c1-46(2,3)67-39(60)23-22-36(44(65)71-50(13,14)15)56-45(66)55-35(43(64)70-49(10,11)12)21-16-18-24-54-42(63)34(51)20-17-19-27-57(30-37-52-25-28-58(37)32-40(61)68-47(4,5)6)31-38-53-26-29-59(38)33-41(62)69-48(7,8)9/h25-26,28-29,34-36H,16-24,27,30-33,51H2,1-15H3,(H,54,63)(H2,55,56,66). The molecule has 2 aromatic rings. The number of urea groups is 1. The fraction of sp³-hybridized carbons (Fsp3) is 0.740. The second-order valence-electron chi connectivity index (χ2n) is 22.6. The predicted molar refractivity (Wildman–Crippen MR) is 265 cm³/mol. The number of carbonyl (C=O) groups is 7. The first kappa shape index (κ1) is 61.5. The molecule has 0 saturated heterocycles. The number of hydrogen-bond donors (Lipinski definition) is 4. The van der Waals surface area contributed by atoms with Crippen LogP contribution < -0.4 is 21.7 Å². The van der Waals surface area contributed by atoms with Crippen LogP contribution in [-0.2, 0) is 78.6 Å². The first-order valence-corrected chi connectivity index (χ1v) is 24.5. The van der Waals surface area contributed by atoms with Gasteiger partial charge in [0.25, 0.3) is 0 Å². The Hall–Kier alpha value is -5.57. The topological polar surface area (TPSA) is 267 Å². The van der Waals surface area contributed by atoms with E-state index in [9.17, 15) is 33.6 Å². The smallest absolute Gasteiger partial charge is 0.329 e. The number of carbonyl (C=O) groups excluding carboxylic acids is 7. The molecule has 2 rings (SSSR count). The Morgan fingerprint density at radius 3 is 1.41 bits per heavy atom. The van der Waals surface area contributed by atoms with E-state index in [0.717, 1.165) is 0 Å². The summed E-state index contributed by atoms with van der Waals surface area (Å²) in [6.07, 6.45) is 9.04. The molecule has 21 nitrogen and oxygen atoms in total. The van der Waals surface area contributed by atoms with Crippen LogP contribution in [0.2, 0.25) is 0 Å². The molecule has 0 aromatic carbocycles. The van der Waals surface area contributed by atoms with Crippen molar-refractivity contribution in [2.75, 3.05) is 13.1 Å². The molecule has 5 N–H and O–H groups in total. The number of amides is 3. The average Bonchev–Trinajstić information content (AvgIpc) is 3.81. The van der Waals surface area contributed by atoms with E-state index >= 15 is 0 Å². The van der Waals surface area contributed by atoms with Crippen molar-refractivity contribution < 1.29 is 57.2 Å². The summed E-state index contributed by atoms with van der Waals surface area (Å²) in [5.41, 5.74) is 2.56. The number of imidazole rings is 2. The molecule has 2 heterocycles. The first-order valence-electron chi connectivity index (χ1n) is 24.5. The van der Waals surface area contributed by atoms with Crippen LogP contribution >= 0.6 is 0 Å². The summed E-state index contributed by atoms with van der Waals surface area (Å²) in [4.78, 5) is 102. The largest absolute Gasteiger partial charge is 0.460 e. The number of esters is 5. The number of hydrogen-bond acceptors (Lipinski definition) is 16. The van der Waals surface area contributed by atoms with Crippen LogP contribution in [0.25, 0.3) is 0 Å². The van der Waals surface area contributed by atoms with Crippen LogP contribution in [0, 0.1) is 0 Å². The number of nitrogens with one attached hydrogen (secondary N) is 3. The van der Waals surface area contributed by atoms with Gasteiger partial charge in [0.2, 0.25) is 5.91 Å². The van der Waals surface area contributed by atoms with Crippen molar-refractivity contribution in [2.45, 2.75) is 228 Å². The summed E-state index contributed by atoms with van der Waals surface area (Å²) in [7, 11) is 0. The van der Waals surface area contributed by atoms with Gasteiger partial charge in [-0.3, -0.25) is 24.1 Å². The SMILES string of the molecule is CC(C)(C)OC(=O)CCC(NC(=O)NC(CCCCNC(=O)C(N)CCCCN(Cc1nccn1CC(=O)OC(C)(C)C)Cc1nccn1CC(=O)OC(C)(C)C)C(=O)OC(C)(C)C)C(=O)OC(C)(C)C. The molecule has 0 aliphatic rings. The van der Waals surface area contributed by atoms with Crippen molar-refractivity contribution in [1.29, 1.82) is 0 Å². The molecule has 0 aliphatic heterocycles. The Kier molecular flexibility index (Phi) is 23.7. The predicted octanol–water partition coefficient (Wildman–Crippen LogP) is 5.39. The molecule has 0 saturated carbocycles. The van der Waals surface area contributed by atoms with Gasteiger partial charge in [-0.15, -0.1) is 0 Å². The summed E-state index contributed by atoms with van der Waals surface area (Å²) >= 11 is 0. The number of aromatic nitrogens is 4. The van der Waals surface area contributed by atoms with Gasteiger partial charge in [0, 0.05) is 37.8 Å². The molecule has 0 aliphatic carbocycles. The molecule has 2 aromatic heterocycles. The second-order valence-corrected chi connectivity index (χ2v) is 22.6. The summed E-state index contributed by atoms with van der Waals surface area (Å²) in [5.74, 6) is -1.86. The molecule has 71 heavy (non-hydrogen) atoms. The maximum Gasteiger partial charge on any atom is 0.329 e. The zero-order chi connectivity index (χ0) is 54.0. The van der Waals surface area contributed by atoms with Crippen molar-refractivity contribution in [3.63, 3.8) is 0 Å². The van der Waals surface area contributed by atoms with E-state index in [2.05, 4.69) is 30.8 Å². The van der Waals surface area contributed by atoms with Gasteiger partial charge in [0.1, 0.15) is 64.8 Å². The van der Waals surface area contributed by atoms with E-state index in [-0.39, 0.29) is 44.8 Å². The fourth-order valence-corrected chi connectivity index (χ4v) is 6.81. The van der Waals surface area contributed by atoms with Crippen molar-refractivity contribution in [3.8, 4) is 0 Å². The zero-order valence-electron chi connectivity index (χ0n) is 45.2. The van der Waals surface area contributed by atoms with Gasteiger partial charge in [-0.25, -0.2) is 24.4 Å². The highest BCUT2D eigenvalue weighted by Gasteiger charge is 2.32. The van der Waals surface area contributed by atoms with E-state index in [1.54, 1.807) is 138 Å². The van der Waals surface area contributed by atoms with Crippen molar-refractivity contribution in [2.24, 2.45) is 5.73 Å². The Bertz CT molecular complexity index is 1980. The molecule has 3 unspecified atom stereocenters. The van der Waals surface area contributed by atoms with Crippen LogP contribution in [0.15, 0.2) is 24.8 Å². The molecule has 3 atom stereocenters. The van der Waals surface area contributed by atoms with Crippen LogP contribution in [0.3, 0.4) is 0 Å². The minimum Gasteiger partial charge on any atom is -0.460 e. The third kappa shape index (κ3) is 27.6. The molecule has 3 amide bonds. The molecule has 21 heteroatoms. The van der Waals surface area contributed by atoms with Crippen molar-refractivity contribution in [1.82, 2.24) is 40.0 Å². The van der Waals surface area contributed by atoms with Crippen molar-refractivity contribution in [3.05, 3.63) is 36.4 Å². The van der Waals surface area contributed by atoms with Gasteiger partial charge >= 0.3 is 35.9 Å². The van der Waals surface area contributed by atoms with E-state index in [0.29, 0.717) is 63.4 Å². The van der Waals surface area contributed by atoms with E-state index in [1.165, 1.54) is 0 Å². The zero-order valence-corrected chi connectivity index (χ0v) is 45.2. The lowest BCUT2D eigenvalue weighted by atomic mass is 10.1. The summed E-state index contributed by atoms with van der Waals surface area (Å²) < 4.78 is 31.0. The normalized spacial score (nSPS) is 13.6. The van der Waals surface area contributed by atoms with E-state index in [1.807, 2.05) is 0 Å². The van der Waals surface area contributed by atoms with Crippen molar-refractivity contribution >= 4 is 41.8 Å². The highest BCUT2D eigenvalue weighted by molar-refractivity contribution is 5.87. The Balaban J connectivity index is 2.03. The van der Waals surface area contributed by atoms with Crippen LogP contribution in [-0.4, -0.2) is 125 Å². The number of nitrogens with two attached hydrogens (primary N) is 1. The van der Waals surface area contributed by atoms with E-state index < -0.39 is 82.0 Å². The average molecular weight is 1000 g/mol. The molecule has 0 spiro atoms. The maximum absolute atomic E-state index is 13.3. The van der Waals surface area contributed by atoms with E-state index in [4.69, 9.17) is 29.4 Å². The number of unbranched alkanes of at least 4 members (excludes halogenated alkanes) is 2. The Labute approximate surface area is 420 Å². The summed E-state index contributed by atoms with van der Waals surface area (Å²) in [6, 6.07) is -3.96. The van der Waals surface area contributed by atoms with Crippen LogP contribution in [0.1, 0.15) is 167 Å². The van der Waals surface area contributed by atoms with Gasteiger partial charge in [-0.05, 0) is 149 Å². The highest BCUT2D eigenvalue weighted by Crippen LogP contribution is 2.17. The van der Waals surface area contributed by atoms with Crippen LogP contribution in [0.4, 0.5) is 4.79 Å². The summed E-state index contributed by atoms with van der Waals surface area (Å²) in [5, 5.41) is 8.04. The quantitative estimate of drug-likeness (QED) is 0.0523. The Morgan fingerprint density at radius 2 is 0.972 bits per heavy atom. The monoisotopic (exact) mass is 1000 g/mol. The first-order chi connectivity index (χ1) is 32.6. The number of nitrogens with zero attached hydrogens (tertiary/aromatic N) is 5. The maximum atomic E-state index is 13.3. The number of ether oxygens (including phenoxy) is 5. The van der Waals surface area contributed by atoms with Gasteiger partial charge in [0.15, 0.2) is 0 Å². The molecular formula is C50H85N9O12. The van der Waals surface area contributed by atoms with Gasteiger partial charge in [0.05, 0.1) is 19.1 Å². The minimum absolute atomic E-state index is 0.0201. The Morgan fingerprint density at radius 1 is 0.563 bits per heavy atom.